The summed E-state index contributed by atoms with van der Waals surface area (Å²) in [4.78, 5) is 26.1. The Balaban J connectivity index is 2.27. The molecule has 6 nitrogen and oxygen atoms in total. The van der Waals surface area contributed by atoms with Crippen LogP contribution in [0.15, 0.2) is 12.4 Å². The Hall–Kier alpha value is -2.06. The van der Waals surface area contributed by atoms with Gasteiger partial charge in [0.1, 0.15) is 12.4 Å². The molecular formula is C10H13F3N4O2. The first-order valence-corrected chi connectivity index (χ1v) is 5.40. The molecular weight excluding hydrogens is 265 g/mol. The van der Waals surface area contributed by atoms with E-state index in [1.807, 2.05) is 0 Å². The number of aryl methyl sites for hydroxylation is 1. The van der Waals surface area contributed by atoms with Crippen molar-refractivity contribution in [1.29, 1.82) is 0 Å². The minimum Gasteiger partial charge on any atom is -0.346 e. The van der Waals surface area contributed by atoms with Gasteiger partial charge in [0.05, 0.1) is 0 Å². The van der Waals surface area contributed by atoms with Gasteiger partial charge in [0.15, 0.2) is 0 Å². The Morgan fingerprint density at radius 2 is 1.95 bits per heavy atom. The average Bonchev–Trinajstić information content (AvgIpc) is 2.71. The van der Waals surface area contributed by atoms with Gasteiger partial charge < -0.3 is 15.2 Å². The standard InChI is InChI=1S/C10H13F3N4O2/c1-7-14-2-4-17(7)5-3-15-8(18)9(19)16-6-10(11,12)13/h2,4H,3,5-6H2,1H3,(H,15,18)(H,16,19). The molecule has 0 atom stereocenters. The third-order valence-corrected chi connectivity index (χ3v) is 2.22. The Morgan fingerprint density at radius 1 is 1.32 bits per heavy atom. The van der Waals surface area contributed by atoms with Crippen LogP contribution in [-0.2, 0) is 16.1 Å². The molecule has 0 saturated heterocycles. The van der Waals surface area contributed by atoms with Gasteiger partial charge in [-0.25, -0.2) is 4.98 Å². The summed E-state index contributed by atoms with van der Waals surface area (Å²) in [5, 5.41) is 3.70. The van der Waals surface area contributed by atoms with Gasteiger partial charge in [0.2, 0.25) is 0 Å². The molecule has 0 spiro atoms. The van der Waals surface area contributed by atoms with Gasteiger partial charge in [-0.1, -0.05) is 0 Å². The van der Waals surface area contributed by atoms with Crippen molar-refractivity contribution in [2.45, 2.75) is 19.6 Å². The van der Waals surface area contributed by atoms with E-state index < -0.39 is 24.5 Å². The van der Waals surface area contributed by atoms with Crippen molar-refractivity contribution < 1.29 is 22.8 Å². The Morgan fingerprint density at radius 3 is 2.47 bits per heavy atom. The number of hydrogen-bond donors (Lipinski definition) is 2. The van der Waals surface area contributed by atoms with Crippen molar-refractivity contribution in [2.24, 2.45) is 0 Å². The largest absolute Gasteiger partial charge is 0.405 e. The predicted octanol–water partition coefficient (Wildman–Crippen LogP) is -0.0138. The number of nitrogens with zero attached hydrogens (tertiary/aromatic N) is 2. The maximum Gasteiger partial charge on any atom is 0.405 e. The molecule has 2 amide bonds. The second-order valence-electron chi connectivity index (χ2n) is 3.72. The van der Waals surface area contributed by atoms with E-state index in [1.165, 1.54) is 5.32 Å². The third kappa shape index (κ3) is 5.40. The second kappa shape index (κ2) is 6.21. The van der Waals surface area contributed by atoms with Crippen LogP contribution < -0.4 is 10.6 Å². The molecule has 1 aromatic rings. The fourth-order valence-electron chi connectivity index (χ4n) is 1.27. The van der Waals surface area contributed by atoms with E-state index >= 15 is 0 Å². The molecule has 1 rings (SSSR count). The van der Waals surface area contributed by atoms with Crippen molar-refractivity contribution in [3.63, 3.8) is 0 Å². The highest BCUT2D eigenvalue weighted by molar-refractivity contribution is 6.35. The predicted molar refractivity (Wildman–Crippen MR) is 59.0 cm³/mol. The minimum absolute atomic E-state index is 0.121. The highest BCUT2D eigenvalue weighted by atomic mass is 19.4. The fourth-order valence-corrected chi connectivity index (χ4v) is 1.27. The zero-order chi connectivity index (χ0) is 14.5. The molecule has 0 aliphatic rings. The Kier molecular flexibility index (Phi) is 4.90. The molecule has 0 radical (unpaired) electrons. The molecule has 9 heteroatoms. The molecule has 0 saturated carbocycles. The summed E-state index contributed by atoms with van der Waals surface area (Å²) < 4.78 is 37.1. The third-order valence-electron chi connectivity index (χ3n) is 2.22. The molecule has 106 valence electrons. The lowest BCUT2D eigenvalue weighted by Crippen LogP contribution is -2.44. The van der Waals surface area contributed by atoms with E-state index in [4.69, 9.17) is 0 Å². The summed E-state index contributed by atoms with van der Waals surface area (Å²) in [6.07, 6.45) is -1.28. The first-order valence-electron chi connectivity index (χ1n) is 5.40. The molecule has 19 heavy (non-hydrogen) atoms. The maximum atomic E-state index is 11.8. The number of aromatic nitrogens is 2. The lowest BCUT2D eigenvalue weighted by molar-refractivity contribution is -0.146. The number of amides is 2. The van der Waals surface area contributed by atoms with E-state index in [9.17, 15) is 22.8 Å². The number of nitrogens with one attached hydrogen (secondary N) is 2. The van der Waals surface area contributed by atoms with E-state index in [2.05, 4.69) is 10.3 Å². The van der Waals surface area contributed by atoms with Crippen LogP contribution in [0, 0.1) is 6.92 Å². The number of halogens is 3. The lowest BCUT2D eigenvalue weighted by Gasteiger charge is -2.09. The summed E-state index contributed by atoms with van der Waals surface area (Å²) in [6.45, 7) is 0.733. The van der Waals surface area contributed by atoms with Crippen molar-refractivity contribution in [2.75, 3.05) is 13.1 Å². The first kappa shape index (κ1) is 15.0. The van der Waals surface area contributed by atoms with E-state index in [0.717, 1.165) is 5.82 Å². The molecule has 0 bridgehead atoms. The first-order chi connectivity index (χ1) is 8.79. The van der Waals surface area contributed by atoms with Gasteiger partial charge >= 0.3 is 18.0 Å². The van der Waals surface area contributed by atoms with Crippen LogP contribution in [0.2, 0.25) is 0 Å². The van der Waals surface area contributed by atoms with Crippen molar-refractivity contribution in [1.82, 2.24) is 20.2 Å². The molecule has 1 aromatic heterocycles. The molecule has 0 aliphatic heterocycles. The van der Waals surface area contributed by atoms with Crippen LogP contribution in [0.25, 0.3) is 0 Å². The van der Waals surface area contributed by atoms with E-state index in [0.29, 0.717) is 6.54 Å². The lowest BCUT2D eigenvalue weighted by atomic mass is 10.4. The van der Waals surface area contributed by atoms with Crippen LogP contribution in [-0.4, -0.2) is 40.6 Å². The fraction of sp³-hybridized carbons (Fsp3) is 0.500. The van der Waals surface area contributed by atoms with Gasteiger partial charge in [0.25, 0.3) is 0 Å². The van der Waals surface area contributed by atoms with E-state index in [1.54, 1.807) is 23.9 Å². The SMILES string of the molecule is Cc1nccn1CCNC(=O)C(=O)NCC(F)(F)F. The molecule has 0 fully saturated rings. The molecule has 2 N–H and O–H groups in total. The van der Waals surface area contributed by atoms with Crippen LogP contribution in [0.1, 0.15) is 5.82 Å². The molecule has 0 unspecified atom stereocenters. The summed E-state index contributed by atoms with van der Waals surface area (Å²) in [5.41, 5.74) is 0. The van der Waals surface area contributed by atoms with Crippen LogP contribution in [0.3, 0.4) is 0 Å². The van der Waals surface area contributed by atoms with Gasteiger partial charge in [0, 0.05) is 25.5 Å². The van der Waals surface area contributed by atoms with Gasteiger partial charge in [-0.2, -0.15) is 13.2 Å². The van der Waals surface area contributed by atoms with Crippen molar-refractivity contribution >= 4 is 11.8 Å². The minimum atomic E-state index is -4.54. The summed E-state index contributed by atoms with van der Waals surface area (Å²) >= 11 is 0. The highest BCUT2D eigenvalue weighted by Gasteiger charge is 2.28. The monoisotopic (exact) mass is 278 g/mol. The van der Waals surface area contributed by atoms with Crippen molar-refractivity contribution in [3.8, 4) is 0 Å². The normalized spacial score (nSPS) is 11.2. The molecule has 1 heterocycles. The van der Waals surface area contributed by atoms with Gasteiger partial charge in [-0.15, -0.1) is 0 Å². The number of rotatable bonds is 4. The number of alkyl halides is 3. The summed E-state index contributed by atoms with van der Waals surface area (Å²) in [5.74, 6) is -1.67. The number of hydrogen-bond acceptors (Lipinski definition) is 3. The topological polar surface area (TPSA) is 76.0 Å². The van der Waals surface area contributed by atoms with Crippen LogP contribution >= 0.6 is 0 Å². The quantitative estimate of drug-likeness (QED) is 0.760. The van der Waals surface area contributed by atoms with Crippen LogP contribution in [0.5, 0.6) is 0 Å². The summed E-state index contributed by atoms with van der Waals surface area (Å²) in [7, 11) is 0. The van der Waals surface area contributed by atoms with Gasteiger partial charge in [-0.05, 0) is 6.92 Å². The van der Waals surface area contributed by atoms with Gasteiger partial charge in [-0.3, -0.25) is 9.59 Å². The van der Waals surface area contributed by atoms with Crippen LogP contribution in [0.4, 0.5) is 13.2 Å². The zero-order valence-corrected chi connectivity index (χ0v) is 10.1. The average molecular weight is 278 g/mol. The second-order valence-corrected chi connectivity index (χ2v) is 3.72. The number of carbonyl (C=O) groups excluding carboxylic acids is 2. The Labute approximate surface area is 107 Å². The smallest absolute Gasteiger partial charge is 0.346 e. The highest BCUT2D eigenvalue weighted by Crippen LogP contribution is 2.11. The van der Waals surface area contributed by atoms with E-state index in [-0.39, 0.29) is 6.54 Å². The molecule has 0 aliphatic carbocycles. The summed E-state index contributed by atoms with van der Waals surface area (Å²) in [6, 6.07) is 0. The maximum absolute atomic E-state index is 11.8. The number of imidazole rings is 1. The molecule has 0 aromatic carbocycles. The van der Waals surface area contributed by atoms with Crippen molar-refractivity contribution in [3.05, 3.63) is 18.2 Å². The Bertz CT molecular complexity index is 456. The number of carbonyl (C=O) groups is 2. The zero-order valence-electron chi connectivity index (χ0n) is 10.1.